The van der Waals surface area contributed by atoms with E-state index < -0.39 is 274 Å². The van der Waals surface area contributed by atoms with Crippen molar-refractivity contribution >= 4 is 0 Å². The molecule has 0 saturated carbocycles. The second kappa shape index (κ2) is 24.6. The van der Waals surface area contributed by atoms with Gasteiger partial charge in [0.2, 0.25) is 0 Å². The second-order valence-electron chi connectivity index (χ2n) is 26.3. The van der Waals surface area contributed by atoms with Crippen LogP contribution in [-0.4, -0.2) is 158 Å². The van der Waals surface area contributed by atoms with Crippen molar-refractivity contribution in [2.45, 2.75) is 91.1 Å². The van der Waals surface area contributed by atoms with Crippen LogP contribution in [0.1, 0.15) is 132 Å². The highest BCUT2D eigenvalue weighted by Gasteiger charge is 2.54. The Labute approximate surface area is 589 Å². The van der Waals surface area contributed by atoms with Crippen molar-refractivity contribution in [2.24, 2.45) is 0 Å². The fraction of sp³-hybridized carbons (Fsp3) is 0.200. The number of aliphatic hydroxyl groups excluding tert-OH is 5. The lowest BCUT2D eigenvalue weighted by Gasteiger charge is -2.44. The fourth-order valence-corrected chi connectivity index (χ4v) is 15.4. The zero-order chi connectivity index (χ0) is 74.7. The summed E-state index contributed by atoms with van der Waals surface area (Å²) >= 11 is 0. The van der Waals surface area contributed by atoms with E-state index in [9.17, 15) is 128 Å². The first kappa shape index (κ1) is 67.8. The third-order valence-corrected chi connectivity index (χ3v) is 20.2. The Hall–Kier alpha value is -13.0. The van der Waals surface area contributed by atoms with Crippen molar-refractivity contribution in [2.75, 3.05) is 0 Å². The van der Waals surface area contributed by atoms with Gasteiger partial charge in [0.05, 0.1) is 29.8 Å². The Morgan fingerprint density at radius 1 is 0.229 bits per heavy atom. The number of hydrogen-bond acceptors (Lipinski definition) is 30. The molecule has 0 bridgehead atoms. The summed E-state index contributed by atoms with van der Waals surface area (Å²) < 4.78 is 32.1. The summed E-state index contributed by atoms with van der Waals surface area (Å²) in [7, 11) is 0. The maximum atomic E-state index is 13.5. The third kappa shape index (κ3) is 10.7. The summed E-state index contributed by atoms with van der Waals surface area (Å²) in [6.45, 7) is 0. The Kier molecular flexibility index (Phi) is 15.9. The second-order valence-corrected chi connectivity index (χ2v) is 26.3. The topological polar surface area (TPSA) is 552 Å². The third-order valence-electron chi connectivity index (χ3n) is 20.2. The normalized spacial score (nSPS) is 24.2. The van der Waals surface area contributed by atoms with Gasteiger partial charge in [-0.05, 0) is 88.5 Å². The van der Waals surface area contributed by atoms with Crippen molar-refractivity contribution in [1.82, 2.24) is 0 Å². The van der Waals surface area contributed by atoms with Crippen LogP contribution < -0.4 is 23.7 Å². The van der Waals surface area contributed by atoms with Gasteiger partial charge in [-0.1, -0.05) is 30.3 Å². The number of aliphatic hydroxyl groups is 5. The van der Waals surface area contributed by atoms with E-state index in [4.69, 9.17) is 23.7 Å². The minimum atomic E-state index is -2.32. The summed E-state index contributed by atoms with van der Waals surface area (Å²) in [5.74, 6) is -27.2. The first-order valence-corrected chi connectivity index (χ1v) is 32.1. The summed E-state index contributed by atoms with van der Waals surface area (Å²) in [5.41, 5.74) is -5.84. The molecule has 0 spiro atoms. The molecule has 5 aliphatic rings. The Balaban J connectivity index is 0.982. The van der Waals surface area contributed by atoms with Gasteiger partial charge in [0.1, 0.15) is 117 Å². The number of aromatic hydroxyl groups is 20. The summed E-state index contributed by atoms with van der Waals surface area (Å²) in [4.78, 5) is 0. The van der Waals surface area contributed by atoms with Gasteiger partial charge in [-0.3, -0.25) is 0 Å². The molecule has 10 aromatic rings. The van der Waals surface area contributed by atoms with Crippen molar-refractivity contribution in [3.05, 3.63) is 205 Å². The number of fused-ring (bicyclic) bond motifs is 5. The summed E-state index contributed by atoms with van der Waals surface area (Å²) in [6.07, 6.45) is -19.6. The highest BCUT2D eigenvalue weighted by atomic mass is 16.5. The van der Waals surface area contributed by atoms with Gasteiger partial charge >= 0.3 is 0 Å². The molecular weight excluding hydrogens is 1380 g/mol. The van der Waals surface area contributed by atoms with Crippen molar-refractivity contribution < 1.29 is 151 Å². The number of hydrogen-bond donors (Lipinski definition) is 25. The molecule has 542 valence electrons. The van der Waals surface area contributed by atoms with Gasteiger partial charge in [0, 0.05) is 92.9 Å². The van der Waals surface area contributed by atoms with E-state index in [-0.39, 0.29) is 39.1 Å². The van der Waals surface area contributed by atoms with Gasteiger partial charge in [0.25, 0.3) is 0 Å². The maximum Gasteiger partial charge on any atom is 0.157 e. The van der Waals surface area contributed by atoms with Crippen LogP contribution in [0.25, 0.3) is 0 Å². The van der Waals surface area contributed by atoms with Crippen molar-refractivity contribution in [3.8, 4) is 144 Å². The molecule has 0 aromatic heterocycles. The van der Waals surface area contributed by atoms with E-state index in [1.54, 1.807) is 0 Å². The number of ether oxygens (including phenoxy) is 5. The van der Waals surface area contributed by atoms with Crippen LogP contribution in [0.3, 0.4) is 0 Å². The quantitative estimate of drug-likeness (QED) is 0.0628. The lowest BCUT2D eigenvalue weighted by molar-refractivity contribution is -0.00480. The molecule has 0 amide bonds. The summed E-state index contributed by atoms with van der Waals surface area (Å²) in [5, 5.41) is 294. The zero-order valence-corrected chi connectivity index (χ0v) is 53.6. The Morgan fingerprint density at radius 2 is 0.514 bits per heavy atom. The minimum absolute atomic E-state index is 0.0287. The van der Waals surface area contributed by atoms with Crippen LogP contribution in [0.4, 0.5) is 0 Å². The van der Waals surface area contributed by atoms with Gasteiger partial charge in [-0.2, -0.15) is 0 Å². The van der Waals surface area contributed by atoms with Crippen LogP contribution in [0.15, 0.2) is 127 Å². The van der Waals surface area contributed by atoms with Crippen LogP contribution in [0.5, 0.6) is 144 Å². The SMILES string of the molecule is Oc1cc(O)c2c(c1)OC(c1ccc(O)c(O)c1)C(O)C2c1c(O)cc2c(c1O)C(c1c(O)cc(O)c3c1OC(c1ccc(O)c(O)c1)C(O)C3c1c(O)cc3c(c1O)C(c1c(O)cc(O)c4c1OC(c1ccc(O)c(O)c1)C(O)C4)C(O)C(c1ccc(O)c(O)c1)O3)C(O)C(c1ccc(O)c(O)c1)O2. The lowest BCUT2D eigenvalue weighted by Crippen LogP contribution is -2.39. The maximum absolute atomic E-state index is 13.5. The fourth-order valence-electron chi connectivity index (χ4n) is 15.4. The lowest BCUT2D eigenvalue weighted by atomic mass is 9.71. The van der Waals surface area contributed by atoms with Crippen LogP contribution in [-0.2, 0) is 6.42 Å². The molecule has 14 unspecified atom stereocenters. The molecule has 14 atom stereocenters. The van der Waals surface area contributed by atoms with Crippen LogP contribution in [0, 0.1) is 0 Å². The average molecular weight is 1440 g/mol. The molecule has 0 saturated heterocycles. The van der Waals surface area contributed by atoms with E-state index in [1.165, 1.54) is 24.3 Å². The van der Waals surface area contributed by atoms with E-state index in [2.05, 4.69) is 0 Å². The standard InChI is InChI=1S/C75H62O30/c76-28-16-41(88)51-48(17-28)101-70(24-2-7-31(78)37(84)12-24)65(97)59(51)52-45(92)21-50-58(63(52)95)62(68(100)72(103-50)26-4-9-33(80)39(86)14-26)56-44(91)20-43(90)55-60(66(98)73(105-75(55)56)27-5-10-34(81)40(87)15-27)53-46(93)22-49-57(64(53)96)61(67(99)71(102-49)25-3-8-32(79)38(85)13-25)54-42(89)19-35(82)29-18-47(94)69(104-74(29)54)23-1-6-30(77)36(83)11-23/h1-17,19-22,47,59-62,65-73,76-100H,18H2. The molecule has 5 heterocycles. The molecule has 5 aliphatic heterocycles. The first-order valence-electron chi connectivity index (χ1n) is 32.1. The van der Waals surface area contributed by atoms with E-state index in [0.29, 0.717) is 6.07 Å². The molecule has 105 heavy (non-hydrogen) atoms. The van der Waals surface area contributed by atoms with Crippen molar-refractivity contribution in [3.63, 3.8) is 0 Å². The van der Waals surface area contributed by atoms with E-state index in [0.717, 1.165) is 97.1 Å². The molecule has 15 rings (SSSR count). The monoisotopic (exact) mass is 1440 g/mol. The van der Waals surface area contributed by atoms with Gasteiger partial charge in [0.15, 0.2) is 81.9 Å². The number of phenols is 20. The molecule has 0 fully saturated rings. The number of benzene rings is 10. The minimum Gasteiger partial charge on any atom is -0.508 e. The van der Waals surface area contributed by atoms with E-state index >= 15 is 0 Å². The molecular formula is C75H62O30. The number of phenolic OH excluding ortho intramolecular Hbond substituents is 20. The first-order chi connectivity index (χ1) is 49.9. The van der Waals surface area contributed by atoms with Gasteiger partial charge in [-0.15, -0.1) is 0 Å². The molecule has 30 heteroatoms. The smallest absolute Gasteiger partial charge is 0.157 e. The average Bonchev–Trinajstić information content (AvgIpc) is 0.713. The van der Waals surface area contributed by atoms with Gasteiger partial charge in [-0.25, -0.2) is 0 Å². The highest BCUT2D eigenvalue weighted by Crippen LogP contribution is 2.66. The molecule has 0 aliphatic carbocycles. The van der Waals surface area contributed by atoms with Crippen LogP contribution >= 0.6 is 0 Å². The highest BCUT2D eigenvalue weighted by molar-refractivity contribution is 5.75. The molecule has 25 N–H and O–H groups in total. The summed E-state index contributed by atoms with van der Waals surface area (Å²) in [6, 6.07) is 21.2. The predicted molar refractivity (Wildman–Crippen MR) is 356 cm³/mol. The molecule has 0 radical (unpaired) electrons. The largest absolute Gasteiger partial charge is 0.508 e. The Bertz CT molecular complexity index is 5270. The predicted octanol–water partition coefficient (Wildman–Crippen LogP) is 7.34. The zero-order valence-electron chi connectivity index (χ0n) is 53.6. The molecule has 30 nitrogen and oxygen atoms in total. The number of rotatable bonds is 9. The molecule has 10 aromatic carbocycles. The van der Waals surface area contributed by atoms with Gasteiger partial charge < -0.3 is 151 Å². The van der Waals surface area contributed by atoms with E-state index in [1.807, 2.05) is 0 Å². The van der Waals surface area contributed by atoms with Crippen LogP contribution in [0.2, 0.25) is 0 Å². The Morgan fingerprint density at radius 3 is 0.886 bits per heavy atom. The van der Waals surface area contributed by atoms with Crippen molar-refractivity contribution in [1.29, 1.82) is 0 Å².